The predicted octanol–water partition coefficient (Wildman–Crippen LogP) is 15.6. The van der Waals surface area contributed by atoms with Crippen LogP contribution in [0.4, 0.5) is 0 Å². The van der Waals surface area contributed by atoms with Crippen LogP contribution in [0.2, 0.25) is 0 Å². The summed E-state index contributed by atoms with van der Waals surface area (Å²) in [6.07, 6.45) is 63.9. The molecule has 442 valence electrons. The minimum atomic E-state index is -1.93. The second kappa shape index (κ2) is 53.3. The van der Waals surface area contributed by atoms with Gasteiger partial charge in [0.05, 0.1) is 6.61 Å². The maximum Gasteiger partial charge on any atom is 0.335 e. The SMILES string of the molecule is CC/C=C\C/C=C\C/C=C\C/C=C\CCCCCCCCC(=O)OC1C(OCC(COC(=O)CCCC/C=C\C/C=C\C/C=C\C/C=C\CC)OC(=O)CCCC/C=C\C/C=C\C/C=C\C/C=C\CC)OC(C(=O)O)C(O)C1O. The molecule has 0 radical (unpaired) electrons. The molecule has 0 aromatic heterocycles. The van der Waals surface area contributed by atoms with Gasteiger partial charge in [-0.25, -0.2) is 4.79 Å². The number of hydrogen-bond acceptors (Lipinski definition) is 11. The first-order valence-electron chi connectivity index (χ1n) is 29.8. The molecule has 6 unspecified atom stereocenters. The van der Waals surface area contributed by atoms with Crippen molar-refractivity contribution < 1.29 is 58.2 Å². The van der Waals surface area contributed by atoms with Gasteiger partial charge < -0.3 is 39.0 Å². The fourth-order valence-electron chi connectivity index (χ4n) is 7.93. The fourth-order valence-corrected chi connectivity index (χ4v) is 7.93. The largest absolute Gasteiger partial charge is 0.479 e. The van der Waals surface area contributed by atoms with Crippen molar-refractivity contribution in [2.45, 2.75) is 237 Å². The molecule has 12 nitrogen and oxygen atoms in total. The van der Waals surface area contributed by atoms with Crippen molar-refractivity contribution in [1.29, 1.82) is 0 Å². The number of carboxylic acid groups (broad SMARTS) is 1. The second-order valence-electron chi connectivity index (χ2n) is 19.5. The van der Waals surface area contributed by atoms with Crippen molar-refractivity contribution in [1.82, 2.24) is 0 Å². The van der Waals surface area contributed by atoms with Gasteiger partial charge in [0.2, 0.25) is 0 Å². The molecule has 1 fully saturated rings. The smallest absolute Gasteiger partial charge is 0.335 e. The lowest BCUT2D eigenvalue weighted by molar-refractivity contribution is -0.301. The Morgan fingerprint density at radius 2 is 0.759 bits per heavy atom. The summed E-state index contributed by atoms with van der Waals surface area (Å²) < 4.78 is 28.3. The first-order chi connectivity index (χ1) is 38.6. The monoisotopic (exact) mass is 1100 g/mol. The molecule has 0 saturated carbocycles. The molecule has 0 bridgehead atoms. The Labute approximate surface area is 476 Å². The zero-order valence-electron chi connectivity index (χ0n) is 48.5. The molecular formula is C67H102O12. The highest BCUT2D eigenvalue weighted by Gasteiger charge is 2.50. The molecular weight excluding hydrogens is 997 g/mol. The van der Waals surface area contributed by atoms with Crippen LogP contribution in [0.15, 0.2) is 146 Å². The highest BCUT2D eigenvalue weighted by atomic mass is 16.7. The normalized spacial score (nSPS) is 18.9. The summed E-state index contributed by atoms with van der Waals surface area (Å²) in [5.41, 5.74) is 0. The van der Waals surface area contributed by atoms with E-state index in [1.165, 1.54) is 0 Å². The molecule has 0 aromatic rings. The number of carboxylic acids is 1. The minimum Gasteiger partial charge on any atom is -0.479 e. The molecule has 1 saturated heterocycles. The third-order valence-corrected chi connectivity index (χ3v) is 12.4. The van der Waals surface area contributed by atoms with Crippen molar-refractivity contribution in [3.63, 3.8) is 0 Å². The van der Waals surface area contributed by atoms with E-state index >= 15 is 0 Å². The molecule has 3 N–H and O–H groups in total. The van der Waals surface area contributed by atoms with Gasteiger partial charge in [0, 0.05) is 19.3 Å². The zero-order chi connectivity index (χ0) is 57.5. The van der Waals surface area contributed by atoms with Crippen LogP contribution < -0.4 is 0 Å². The topological polar surface area (TPSA) is 175 Å². The average molecular weight is 1100 g/mol. The number of hydrogen-bond donors (Lipinski definition) is 3. The van der Waals surface area contributed by atoms with Crippen LogP contribution in [0, 0.1) is 0 Å². The summed E-state index contributed by atoms with van der Waals surface area (Å²) in [6.45, 7) is 5.56. The third kappa shape index (κ3) is 43.1. The van der Waals surface area contributed by atoms with Crippen LogP contribution in [0.25, 0.3) is 0 Å². The van der Waals surface area contributed by atoms with E-state index in [9.17, 15) is 34.5 Å². The second-order valence-corrected chi connectivity index (χ2v) is 19.5. The molecule has 1 heterocycles. The Morgan fingerprint density at radius 1 is 0.418 bits per heavy atom. The molecule has 1 aliphatic rings. The number of allylic oxidation sites excluding steroid dienone is 24. The maximum absolute atomic E-state index is 13.1. The number of esters is 3. The minimum absolute atomic E-state index is 0.0261. The summed E-state index contributed by atoms with van der Waals surface area (Å²) in [5, 5.41) is 31.5. The highest BCUT2D eigenvalue weighted by Crippen LogP contribution is 2.26. The summed E-state index contributed by atoms with van der Waals surface area (Å²) in [7, 11) is 0. The van der Waals surface area contributed by atoms with Gasteiger partial charge in [-0.15, -0.1) is 0 Å². The van der Waals surface area contributed by atoms with E-state index in [1.54, 1.807) is 0 Å². The lowest BCUT2D eigenvalue weighted by atomic mass is 9.98. The van der Waals surface area contributed by atoms with E-state index in [-0.39, 0.29) is 25.9 Å². The molecule has 6 atom stereocenters. The molecule has 1 aliphatic heterocycles. The van der Waals surface area contributed by atoms with Gasteiger partial charge in [-0.05, 0) is 135 Å². The lowest BCUT2D eigenvalue weighted by Crippen LogP contribution is -2.61. The van der Waals surface area contributed by atoms with E-state index in [2.05, 4.69) is 167 Å². The predicted molar refractivity (Wildman–Crippen MR) is 321 cm³/mol. The van der Waals surface area contributed by atoms with Gasteiger partial charge in [-0.3, -0.25) is 14.4 Å². The maximum atomic E-state index is 13.1. The van der Waals surface area contributed by atoms with E-state index in [1.807, 2.05) is 0 Å². The Kier molecular flexibility index (Phi) is 48.3. The van der Waals surface area contributed by atoms with Crippen LogP contribution in [-0.4, -0.2) is 89.2 Å². The van der Waals surface area contributed by atoms with Crippen molar-refractivity contribution in [3.8, 4) is 0 Å². The van der Waals surface area contributed by atoms with Crippen LogP contribution >= 0.6 is 0 Å². The van der Waals surface area contributed by atoms with Gasteiger partial charge in [-0.1, -0.05) is 192 Å². The van der Waals surface area contributed by atoms with Gasteiger partial charge in [-0.2, -0.15) is 0 Å². The Balaban J connectivity index is 2.75. The van der Waals surface area contributed by atoms with Crippen molar-refractivity contribution >= 4 is 23.9 Å². The van der Waals surface area contributed by atoms with Crippen molar-refractivity contribution in [3.05, 3.63) is 146 Å². The summed E-state index contributed by atoms with van der Waals surface area (Å²) in [4.78, 5) is 51.2. The summed E-state index contributed by atoms with van der Waals surface area (Å²) in [6, 6.07) is 0. The molecule has 1 rings (SSSR count). The number of ether oxygens (including phenoxy) is 5. The van der Waals surface area contributed by atoms with Crippen molar-refractivity contribution in [2.24, 2.45) is 0 Å². The lowest BCUT2D eigenvalue weighted by Gasteiger charge is -2.40. The number of aliphatic hydroxyl groups excluding tert-OH is 2. The average Bonchev–Trinajstić information content (AvgIpc) is 3.44. The molecule has 0 aromatic carbocycles. The number of carbonyl (C=O) groups is 4. The Morgan fingerprint density at radius 3 is 1.18 bits per heavy atom. The highest BCUT2D eigenvalue weighted by molar-refractivity contribution is 5.74. The van der Waals surface area contributed by atoms with E-state index in [0.717, 1.165) is 141 Å². The first kappa shape index (κ1) is 71.6. The standard InChI is InChI=1S/C67H102O12/c1-4-7-10-13-16-19-22-25-28-29-30-31-34-37-40-43-46-49-52-55-61(70)78-65-63(72)62(71)64(66(73)74)79-67(65)76-57-58(77-60(69)54-51-48-45-42-39-36-33-27-24-21-18-15-12-9-6-3)56-75-59(68)53-50-47-44-41-38-35-32-26-23-20-17-14-11-8-5-2/h7-12,16-21,25-28,30-33,38-39,41-42,58,62-65,67,71-72H,4-6,13-15,22-24,29,34-37,40,43-57H2,1-3H3,(H,73,74)/b10-7-,11-8-,12-9-,19-16-,20-17-,21-18-,28-25-,31-30-,32-26-,33-27-,41-38-,42-39-. The molecule has 0 amide bonds. The van der Waals surface area contributed by atoms with E-state index < -0.39 is 67.3 Å². The summed E-state index contributed by atoms with van der Waals surface area (Å²) in [5.74, 6) is -3.28. The molecule has 79 heavy (non-hydrogen) atoms. The number of rotatable bonds is 48. The fraction of sp³-hybridized carbons (Fsp3) is 0.582. The first-order valence-corrected chi connectivity index (χ1v) is 29.8. The number of aliphatic carboxylic acids is 1. The number of aliphatic hydroxyl groups is 2. The van der Waals surface area contributed by atoms with Crippen molar-refractivity contribution in [2.75, 3.05) is 13.2 Å². The van der Waals surface area contributed by atoms with Gasteiger partial charge in [0.25, 0.3) is 0 Å². The van der Waals surface area contributed by atoms with Gasteiger partial charge >= 0.3 is 23.9 Å². The number of unbranched alkanes of at least 4 members (excludes halogenated alkanes) is 10. The van der Waals surface area contributed by atoms with E-state index in [4.69, 9.17) is 23.7 Å². The van der Waals surface area contributed by atoms with Crippen LogP contribution in [0.5, 0.6) is 0 Å². The Hall–Kier alpha value is -5.40. The van der Waals surface area contributed by atoms with Gasteiger partial charge in [0.1, 0.15) is 18.8 Å². The quantitative estimate of drug-likeness (QED) is 0.0228. The Bertz CT molecular complexity index is 1930. The van der Waals surface area contributed by atoms with Crippen LogP contribution in [0.3, 0.4) is 0 Å². The van der Waals surface area contributed by atoms with Crippen LogP contribution in [0.1, 0.15) is 201 Å². The summed E-state index contributed by atoms with van der Waals surface area (Å²) >= 11 is 0. The molecule has 0 aliphatic carbocycles. The van der Waals surface area contributed by atoms with Gasteiger partial charge in [0.15, 0.2) is 24.6 Å². The van der Waals surface area contributed by atoms with E-state index in [0.29, 0.717) is 19.3 Å². The zero-order valence-corrected chi connectivity index (χ0v) is 48.5. The molecule has 12 heteroatoms. The number of carbonyl (C=O) groups excluding carboxylic acids is 3. The molecule has 0 spiro atoms. The van der Waals surface area contributed by atoms with Crippen LogP contribution in [-0.2, 0) is 42.9 Å². The third-order valence-electron chi connectivity index (χ3n) is 12.4.